The minimum Gasteiger partial charge on any atom is -0.319 e. The highest BCUT2D eigenvalue weighted by Crippen LogP contribution is 2.30. The van der Waals surface area contributed by atoms with Crippen molar-refractivity contribution < 1.29 is 14.4 Å². The van der Waals surface area contributed by atoms with Gasteiger partial charge in [-0.1, -0.05) is 28.1 Å². The number of rotatable bonds is 4. The number of imide groups is 1. The van der Waals surface area contributed by atoms with Crippen LogP contribution in [0.15, 0.2) is 28.7 Å². The van der Waals surface area contributed by atoms with Crippen molar-refractivity contribution in [3.63, 3.8) is 0 Å². The van der Waals surface area contributed by atoms with Gasteiger partial charge in [0.05, 0.1) is 0 Å². The standard InChI is InChI=1S/C14H15BrN2O3/c1-9(18)6-7-17-12(19)14(2,16-13(17)20)10-4-3-5-11(15)8-10/h3-5,8H,6-7H2,1-2H3,(H,16,20)/t14-/m0/s1. The average Bonchev–Trinajstić information content (AvgIpc) is 2.59. The van der Waals surface area contributed by atoms with E-state index in [1.807, 2.05) is 12.1 Å². The van der Waals surface area contributed by atoms with E-state index >= 15 is 0 Å². The molecule has 0 unspecified atom stereocenters. The van der Waals surface area contributed by atoms with Crippen LogP contribution in [0.5, 0.6) is 0 Å². The summed E-state index contributed by atoms with van der Waals surface area (Å²) in [6.07, 6.45) is 0.174. The van der Waals surface area contributed by atoms with Gasteiger partial charge in [0.15, 0.2) is 0 Å². The van der Waals surface area contributed by atoms with Crippen molar-refractivity contribution in [3.8, 4) is 0 Å². The average molecular weight is 339 g/mol. The SMILES string of the molecule is CC(=O)CCN1C(=O)N[C@@](C)(c2cccc(Br)c2)C1=O. The molecule has 6 heteroatoms. The normalized spacial score (nSPS) is 22.1. The highest BCUT2D eigenvalue weighted by Gasteiger charge is 2.48. The van der Waals surface area contributed by atoms with Crippen LogP contribution in [-0.4, -0.2) is 29.2 Å². The van der Waals surface area contributed by atoms with E-state index < -0.39 is 11.6 Å². The van der Waals surface area contributed by atoms with E-state index in [-0.39, 0.29) is 24.7 Å². The quantitative estimate of drug-likeness (QED) is 0.855. The maximum Gasteiger partial charge on any atom is 0.325 e. The van der Waals surface area contributed by atoms with Crippen LogP contribution < -0.4 is 5.32 Å². The third-order valence-corrected chi connectivity index (χ3v) is 3.86. The summed E-state index contributed by atoms with van der Waals surface area (Å²) in [6, 6.07) is 6.78. The second kappa shape index (κ2) is 5.36. The maximum atomic E-state index is 12.5. The van der Waals surface area contributed by atoms with E-state index in [1.165, 1.54) is 6.92 Å². The van der Waals surface area contributed by atoms with Crippen molar-refractivity contribution in [2.45, 2.75) is 25.8 Å². The van der Waals surface area contributed by atoms with E-state index in [0.29, 0.717) is 5.56 Å². The number of ketones is 1. The minimum atomic E-state index is -1.09. The summed E-state index contributed by atoms with van der Waals surface area (Å²) in [5.41, 5.74) is -0.381. The fraction of sp³-hybridized carbons (Fsp3) is 0.357. The zero-order valence-electron chi connectivity index (χ0n) is 11.3. The molecule has 0 spiro atoms. The number of hydrogen-bond acceptors (Lipinski definition) is 3. The van der Waals surface area contributed by atoms with Gasteiger partial charge in [0.2, 0.25) is 0 Å². The molecule has 0 bridgehead atoms. The molecule has 1 heterocycles. The number of nitrogens with zero attached hydrogens (tertiary/aromatic N) is 1. The topological polar surface area (TPSA) is 66.5 Å². The molecular weight excluding hydrogens is 324 g/mol. The predicted molar refractivity (Wildman–Crippen MR) is 77.0 cm³/mol. The van der Waals surface area contributed by atoms with Gasteiger partial charge in [0.25, 0.3) is 5.91 Å². The lowest BCUT2D eigenvalue weighted by molar-refractivity contribution is -0.131. The predicted octanol–water partition coefficient (Wildman–Crippen LogP) is 2.20. The van der Waals surface area contributed by atoms with Gasteiger partial charge in [-0.15, -0.1) is 0 Å². The number of nitrogens with one attached hydrogen (secondary N) is 1. The summed E-state index contributed by atoms with van der Waals surface area (Å²) in [5, 5.41) is 2.70. The molecule has 1 aliphatic rings. The Morgan fingerprint density at radius 1 is 1.40 bits per heavy atom. The minimum absolute atomic E-state index is 0.0540. The molecule has 0 aliphatic carbocycles. The third-order valence-electron chi connectivity index (χ3n) is 3.36. The summed E-state index contributed by atoms with van der Waals surface area (Å²) in [7, 11) is 0. The summed E-state index contributed by atoms with van der Waals surface area (Å²) in [6.45, 7) is 3.22. The van der Waals surface area contributed by atoms with Crippen LogP contribution in [0.1, 0.15) is 25.8 Å². The van der Waals surface area contributed by atoms with Gasteiger partial charge in [-0.05, 0) is 31.5 Å². The lowest BCUT2D eigenvalue weighted by atomic mass is 9.92. The van der Waals surface area contributed by atoms with Crippen LogP contribution in [0.2, 0.25) is 0 Å². The number of urea groups is 1. The molecule has 1 saturated heterocycles. The van der Waals surface area contributed by atoms with E-state index in [0.717, 1.165) is 9.37 Å². The van der Waals surface area contributed by atoms with Crippen LogP contribution in [0, 0.1) is 0 Å². The summed E-state index contributed by atoms with van der Waals surface area (Å²) in [5.74, 6) is -0.386. The number of halogens is 1. The molecule has 0 saturated carbocycles. The van der Waals surface area contributed by atoms with Crippen LogP contribution in [0.4, 0.5) is 4.79 Å². The van der Waals surface area contributed by atoms with E-state index in [1.54, 1.807) is 19.1 Å². The van der Waals surface area contributed by atoms with Crippen molar-refractivity contribution >= 4 is 33.7 Å². The number of benzene rings is 1. The molecule has 3 amide bonds. The number of carbonyl (C=O) groups excluding carboxylic acids is 3. The zero-order valence-corrected chi connectivity index (χ0v) is 12.9. The van der Waals surface area contributed by atoms with Gasteiger partial charge >= 0.3 is 6.03 Å². The smallest absolute Gasteiger partial charge is 0.319 e. The first-order valence-electron chi connectivity index (χ1n) is 6.24. The lowest BCUT2D eigenvalue weighted by Gasteiger charge is -2.22. The van der Waals surface area contributed by atoms with E-state index in [9.17, 15) is 14.4 Å². The molecule has 0 radical (unpaired) electrons. The molecule has 5 nitrogen and oxygen atoms in total. The molecular formula is C14H15BrN2O3. The molecule has 20 heavy (non-hydrogen) atoms. The second-order valence-corrected chi connectivity index (χ2v) is 5.89. The van der Waals surface area contributed by atoms with Crippen molar-refractivity contribution in [2.75, 3.05) is 6.54 Å². The van der Waals surface area contributed by atoms with Gasteiger partial charge in [-0.25, -0.2) is 4.79 Å². The lowest BCUT2D eigenvalue weighted by Crippen LogP contribution is -2.41. The Kier molecular flexibility index (Phi) is 3.94. The number of amides is 3. The Labute approximate surface area is 125 Å². The van der Waals surface area contributed by atoms with Crippen molar-refractivity contribution in [2.24, 2.45) is 0 Å². The monoisotopic (exact) mass is 338 g/mol. The first-order chi connectivity index (χ1) is 9.34. The zero-order chi connectivity index (χ0) is 14.9. The summed E-state index contributed by atoms with van der Waals surface area (Å²) in [4.78, 5) is 36.5. The van der Waals surface area contributed by atoms with E-state index in [4.69, 9.17) is 0 Å². The largest absolute Gasteiger partial charge is 0.325 e. The van der Waals surface area contributed by atoms with Crippen LogP contribution in [-0.2, 0) is 15.1 Å². The van der Waals surface area contributed by atoms with Crippen molar-refractivity contribution in [3.05, 3.63) is 34.3 Å². The molecule has 1 fully saturated rings. The van der Waals surface area contributed by atoms with Crippen molar-refractivity contribution in [1.29, 1.82) is 0 Å². The summed E-state index contributed by atoms with van der Waals surface area (Å²) >= 11 is 3.35. The van der Waals surface area contributed by atoms with E-state index in [2.05, 4.69) is 21.2 Å². The number of hydrogen-bond donors (Lipinski definition) is 1. The van der Waals surface area contributed by atoms with Crippen LogP contribution in [0.3, 0.4) is 0 Å². The van der Waals surface area contributed by atoms with Gasteiger partial charge < -0.3 is 5.32 Å². The molecule has 1 N–H and O–H groups in total. The Morgan fingerprint density at radius 2 is 2.10 bits per heavy atom. The molecule has 1 aromatic rings. The van der Waals surface area contributed by atoms with Crippen LogP contribution in [0.25, 0.3) is 0 Å². The Hall–Kier alpha value is -1.69. The van der Waals surface area contributed by atoms with Gasteiger partial charge in [0.1, 0.15) is 11.3 Å². The Bertz CT molecular complexity index is 588. The second-order valence-electron chi connectivity index (χ2n) is 4.97. The molecule has 1 aliphatic heterocycles. The van der Waals surface area contributed by atoms with Gasteiger partial charge in [-0.2, -0.15) is 0 Å². The van der Waals surface area contributed by atoms with Gasteiger partial charge in [-0.3, -0.25) is 14.5 Å². The van der Waals surface area contributed by atoms with Crippen molar-refractivity contribution in [1.82, 2.24) is 10.2 Å². The summed E-state index contributed by atoms with van der Waals surface area (Å²) < 4.78 is 0.834. The molecule has 106 valence electrons. The maximum absolute atomic E-state index is 12.5. The first-order valence-corrected chi connectivity index (χ1v) is 7.03. The fourth-order valence-electron chi connectivity index (χ4n) is 2.16. The molecule has 1 aromatic carbocycles. The molecule has 1 atom stereocenters. The molecule has 0 aromatic heterocycles. The molecule has 2 rings (SSSR count). The van der Waals surface area contributed by atoms with Gasteiger partial charge in [0, 0.05) is 17.4 Å². The fourth-order valence-corrected chi connectivity index (χ4v) is 2.56. The Balaban J connectivity index is 2.28. The third kappa shape index (κ3) is 2.60. The first kappa shape index (κ1) is 14.7. The highest BCUT2D eigenvalue weighted by atomic mass is 79.9. The van der Waals surface area contributed by atoms with Crippen LogP contribution >= 0.6 is 15.9 Å². The number of carbonyl (C=O) groups is 3. The number of Topliss-reactive ketones (excluding diaryl/α,β-unsaturated/α-hetero) is 1. The Morgan fingerprint density at radius 3 is 2.70 bits per heavy atom. The highest BCUT2D eigenvalue weighted by molar-refractivity contribution is 9.10.